The second-order valence-electron chi connectivity index (χ2n) is 3.65. The lowest BCUT2D eigenvalue weighted by molar-refractivity contribution is -0.118. The number of rotatable bonds is 3. The van der Waals surface area contributed by atoms with E-state index < -0.39 is 0 Å². The molecule has 0 bridgehead atoms. The molecule has 0 fully saturated rings. The van der Waals surface area contributed by atoms with Gasteiger partial charge in [-0.3, -0.25) is 4.79 Å². The van der Waals surface area contributed by atoms with Crippen LogP contribution in [0.1, 0.15) is 5.56 Å². The van der Waals surface area contributed by atoms with Crippen LogP contribution in [0, 0.1) is 0 Å². The zero-order chi connectivity index (χ0) is 13.0. The highest BCUT2D eigenvalue weighted by Gasteiger charge is 2.04. The first-order chi connectivity index (χ1) is 8.72. The number of benzene rings is 2. The minimum Gasteiger partial charge on any atom is -0.507 e. The lowest BCUT2D eigenvalue weighted by Gasteiger charge is -2.04. The summed E-state index contributed by atoms with van der Waals surface area (Å²) in [6, 6.07) is 11.1. The molecule has 0 radical (unpaired) electrons. The molecule has 2 rings (SSSR count). The first-order valence-electron chi connectivity index (χ1n) is 5.31. The number of carbonyl (C=O) groups is 1. The van der Waals surface area contributed by atoms with E-state index in [-0.39, 0.29) is 17.0 Å². The molecule has 0 saturated heterocycles. The van der Waals surface area contributed by atoms with Gasteiger partial charge >= 0.3 is 0 Å². The average Bonchev–Trinajstić information content (AvgIpc) is 2.41. The Morgan fingerprint density at radius 2 is 2.11 bits per heavy atom. The molecule has 4 nitrogen and oxygen atoms in total. The monoisotopic (exact) mass is 306 g/mol. The summed E-state index contributed by atoms with van der Waals surface area (Å²) in [4.78, 5) is 11.0. The van der Waals surface area contributed by atoms with E-state index >= 15 is 0 Å². The number of carbonyl (C=O) groups excluding carboxylic acids is 1. The second-order valence-corrected chi connectivity index (χ2v) is 4.21. The Labute approximate surface area is 112 Å². The van der Waals surface area contributed by atoms with Crippen molar-refractivity contribution in [3.63, 3.8) is 0 Å². The molecule has 2 aromatic rings. The number of hydrazone groups is 1. The predicted octanol–water partition coefficient (Wildman–Crippen LogP) is 2.39. The van der Waals surface area contributed by atoms with Crippen LogP contribution in [-0.4, -0.2) is 22.6 Å². The van der Waals surface area contributed by atoms with Gasteiger partial charge in [0.2, 0.25) is 0 Å². The van der Waals surface area contributed by atoms with E-state index in [0.717, 1.165) is 10.8 Å². The number of aromatic hydroxyl groups is 1. The summed E-state index contributed by atoms with van der Waals surface area (Å²) < 4.78 is 0. The lowest BCUT2D eigenvalue weighted by Crippen LogP contribution is -2.18. The van der Waals surface area contributed by atoms with Crippen LogP contribution in [0.5, 0.6) is 5.75 Å². The van der Waals surface area contributed by atoms with Gasteiger partial charge in [0, 0.05) is 5.56 Å². The molecule has 0 saturated carbocycles. The lowest BCUT2D eigenvalue weighted by atomic mass is 10.0. The summed E-state index contributed by atoms with van der Waals surface area (Å²) >= 11 is 3.02. The van der Waals surface area contributed by atoms with Gasteiger partial charge in [-0.15, -0.1) is 0 Å². The van der Waals surface area contributed by atoms with Gasteiger partial charge in [0.05, 0.1) is 11.5 Å². The van der Waals surface area contributed by atoms with E-state index in [1.807, 2.05) is 30.3 Å². The van der Waals surface area contributed by atoms with Crippen molar-refractivity contribution in [2.24, 2.45) is 5.10 Å². The van der Waals surface area contributed by atoms with Gasteiger partial charge in [-0.1, -0.05) is 46.3 Å². The van der Waals surface area contributed by atoms with Crippen LogP contribution in [0.15, 0.2) is 41.5 Å². The highest BCUT2D eigenvalue weighted by atomic mass is 79.9. The van der Waals surface area contributed by atoms with Crippen molar-refractivity contribution in [2.75, 3.05) is 5.33 Å². The van der Waals surface area contributed by atoms with Crippen LogP contribution in [0.4, 0.5) is 0 Å². The molecular weight excluding hydrogens is 296 g/mol. The minimum atomic E-state index is -0.244. The standard InChI is InChI=1S/C13H11BrN2O2/c14-7-13(18)16-15-8-11-10-4-2-1-3-9(10)5-6-12(11)17/h1-6,8,17H,7H2,(H,16,18). The molecule has 0 aromatic heterocycles. The van der Waals surface area contributed by atoms with Crippen molar-refractivity contribution in [3.8, 4) is 5.75 Å². The number of amides is 1. The number of phenols is 1. The van der Waals surface area contributed by atoms with Crippen LogP contribution >= 0.6 is 15.9 Å². The van der Waals surface area contributed by atoms with Crippen molar-refractivity contribution in [1.29, 1.82) is 0 Å². The van der Waals surface area contributed by atoms with Gasteiger partial charge in [-0.05, 0) is 16.8 Å². The molecule has 0 heterocycles. The fourth-order valence-corrected chi connectivity index (χ4v) is 1.74. The molecule has 0 aliphatic rings. The van der Waals surface area contributed by atoms with Crippen molar-refractivity contribution in [1.82, 2.24) is 5.43 Å². The first-order valence-corrected chi connectivity index (χ1v) is 6.43. The van der Waals surface area contributed by atoms with E-state index in [4.69, 9.17) is 0 Å². The molecule has 0 spiro atoms. The SMILES string of the molecule is O=C(CBr)NN=Cc1c(O)ccc2ccccc12. The normalized spacial score (nSPS) is 10.9. The topological polar surface area (TPSA) is 61.7 Å². The summed E-state index contributed by atoms with van der Waals surface area (Å²) in [5.74, 6) is -0.114. The molecule has 18 heavy (non-hydrogen) atoms. The van der Waals surface area contributed by atoms with Crippen molar-refractivity contribution in [3.05, 3.63) is 42.0 Å². The van der Waals surface area contributed by atoms with Crippen LogP contribution in [0.2, 0.25) is 0 Å². The predicted molar refractivity (Wildman–Crippen MR) is 75.1 cm³/mol. The molecule has 5 heteroatoms. The maximum Gasteiger partial charge on any atom is 0.250 e. The Morgan fingerprint density at radius 1 is 1.33 bits per heavy atom. The fourth-order valence-electron chi connectivity index (χ4n) is 1.62. The van der Waals surface area contributed by atoms with Crippen molar-refractivity contribution >= 4 is 38.8 Å². The fraction of sp³-hybridized carbons (Fsp3) is 0.0769. The van der Waals surface area contributed by atoms with Crippen molar-refractivity contribution in [2.45, 2.75) is 0 Å². The van der Waals surface area contributed by atoms with E-state index in [1.165, 1.54) is 6.21 Å². The highest BCUT2D eigenvalue weighted by molar-refractivity contribution is 9.09. The number of alkyl halides is 1. The van der Waals surface area contributed by atoms with E-state index in [0.29, 0.717) is 5.56 Å². The Bertz CT molecular complexity index is 611. The molecule has 92 valence electrons. The number of fused-ring (bicyclic) bond motifs is 1. The number of hydrogen-bond donors (Lipinski definition) is 2. The third kappa shape index (κ3) is 2.68. The summed E-state index contributed by atoms with van der Waals surface area (Å²) in [5.41, 5.74) is 2.93. The van der Waals surface area contributed by atoms with Gasteiger partial charge in [-0.25, -0.2) is 5.43 Å². The van der Waals surface area contributed by atoms with Gasteiger partial charge < -0.3 is 5.11 Å². The van der Waals surface area contributed by atoms with Crippen LogP contribution in [0.3, 0.4) is 0 Å². The summed E-state index contributed by atoms with van der Waals surface area (Å²) in [6.45, 7) is 0. The number of halogens is 1. The van der Waals surface area contributed by atoms with Gasteiger partial charge in [0.1, 0.15) is 5.75 Å². The quantitative estimate of drug-likeness (QED) is 0.519. The number of hydrogen-bond acceptors (Lipinski definition) is 3. The number of nitrogens with one attached hydrogen (secondary N) is 1. The Morgan fingerprint density at radius 3 is 2.89 bits per heavy atom. The maximum absolute atomic E-state index is 11.0. The smallest absolute Gasteiger partial charge is 0.250 e. The number of phenolic OH excluding ortho intramolecular Hbond substituents is 1. The molecule has 0 aliphatic heterocycles. The molecule has 2 aromatic carbocycles. The van der Waals surface area contributed by atoms with Crippen LogP contribution < -0.4 is 5.43 Å². The molecule has 1 amide bonds. The average molecular weight is 307 g/mol. The van der Waals surface area contributed by atoms with E-state index in [1.54, 1.807) is 6.07 Å². The molecule has 0 unspecified atom stereocenters. The Balaban J connectivity index is 2.37. The number of nitrogens with zero attached hydrogens (tertiary/aromatic N) is 1. The van der Waals surface area contributed by atoms with Gasteiger partial charge in [-0.2, -0.15) is 5.10 Å². The summed E-state index contributed by atoms with van der Waals surface area (Å²) in [7, 11) is 0. The zero-order valence-corrected chi connectivity index (χ0v) is 11.0. The first kappa shape index (κ1) is 12.6. The minimum absolute atomic E-state index is 0.130. The van der Waals surface area contributed by atoms with E-state index in [2.05, 4.69) is 26.5 Å². The summed E-state index contributed by atoms with van der Waals surface area (Å²) in [5, 5.41) is 15.7. The largest absolute Gasteiger partial charge is 0.507 e. The summed E-state index contributed by atoms with van der Waals surface area (Å²) in [6.07, 6.45) is 1.44. The van der Waals surface area contributed by atoms with E-state index in [9.17, 15) is 9.90 Å². The second kappa shape index (κ2) is 5.64. The van der Waals surface area contributed by atoms with Gasteiger partial charge in [0.25, 0.3) is 5.91 Å². The van der Waals surface area contributed by atoms with Crippen LogP contribution in [-0.2, 0) is 4.79 Å². The molecule has 2 N–H and O–H groups in total. The highest BCUT2D eigenvalue weighted by Crippen LogP contribution is 2.25. The molecule has 0 aliphatic carbocycles. The maximum atomic E-state index is 11.0. The third-order valence-corrected chi connectivity index (χ3v) is 2.96. The van der Waals surface area contributed by atoms with Gasteiger partial charge in [0.15, 0.2) is 0 Å². The van der Waals surface area contributed by atoms with Crippen molar-refractivity contribution < 1.29 is 9.90 Å². The Kier molecular flexibility index (Phi) is 3.94. The third-order valence-electron chi connectivity index (χ3n) is 2.45. The molecular formula is C13H11BrN2O2. The Hall–Kier alpha value is -1.88. The van der Waals surface area contributed by atoms with Crippen LogP contribution in [0.25, 0.3) is 10.8 Å². The zero-order valence-electron chi connectivity index (χ0n) is 9.43. The molecule has 0 atom stereocenters.